The number of fused-ring (bicyclic) bond motifs is 1. The highest BCUT2D eigenvalue weighted by atomic mass is 35.5. The number of nitrogens with one attached hydrogen (secondary N) is 1. The van der Waals surface area contributed by atoms with Crippen molar-refractivity contribution in [3.05, 3.63) is 35.2 Å². The van der Waals surface area contributed by atoms with Crippen molar-refractivity contribution in [3.8, 4) is 0 Å². The Hall–Kier alpha value is -1.59. The Morgan fingerprint density at radius 1 is 1.53 bits per heavy atom. The molecular formula is C13H16ClN3O2. The molecule has 0 aliphatic heterocycles. The van der Waals surface area contributed by atoms with Gasteiger partial charge >= 0.3 is 5.97 Å². The molecule has 0 aliphatic rings. The van der Waals surface area contributed by atoms with E-state index in [-0.39, 0.29) is 0 Å². The Balaban J connectivity index is 2.16. The summed E-state index contributed by atoms with van der Waals surface area (Å²) in [6.07, 6.45) is 4.11. The molecule has 0 radical (unpaired) electrons. The fourth-order valence-corrected chi connectivity index (χ4v) is 1.91. The minimum absolute atomic E-state index is 0.399. The summed E-state index contributed by atoms with van der Waals surface area (Å²) in [7, 11) is 0. The number of carboxylic acids is 1. The average molecular weight is 282 g/mol. The Morgan fingerprint density at radius 2 is 2.26 bits per heavy atom. The van der Waals surface area contributed by atoms with E-state index in [1.807, 2.05) is 23.6 Å². The summed E-state index contributed by atoms with van der Waals surface area (Å²) in [4.78, 5) is 15.6. The molecule has 1 unspecified atom stereocenters. The van der Waals surface area contributed by atoms with Crippen molar-refractivity contribution in [1.29, 1.82) is 0 Å². The summed E-state index contributed by atoms with van der Waals surface area (Å²) in [5.74, 6) is -0.859. The van der Waals surface area contributed by atoms with Crippen LogP contribution in [0.2, 0.25) is 5.02 Å². The lowest BCUT2D eigenvalue weighted by atomic mass is 9.99. The zero-order valence-corrected chi connectivity index (χ0v) is 11.6. The lowest BCUT2D eigenvalue weighted by molar-refractivity contribution is -0.144. The van der Waals surface area contributed by atoms with E-state index in [9.17, 15) is 9.90 Å². The molecule has 19 heavy (non-hydrogen) atoms. The Labute approximate surface area is 116 Å². The van der Waals surface area contributed by atoms with Crippen molar-refractivity contribution in [2.24, 2.45) is 0 Å². The minimum atomic E-state index is -0.937. The number of aromatic nitrogens is 2. The van der Waals surface area contributed by atoms with Crippen LogP contribution in [0, 0.1) is 0 Å². The summed E-state index contributed by atoms with van der Waals surface area (Å²) < 4.78 is 1.82. The standard InChI is InChI=1S/C13H16ClN3O2/c1-3-13(2,12(18)19)15-6-10-8-17-7-9(14)4-5-11(17)16-10/h4-5,7-8,15H,3,6H2,1-2H3,(H,18,19). The van der Waals surface area contributed by atoms with Gasteiger partial charge in [0.1, 0.15) is 11.2 Å². The lowest BCUT2D eigenvalue weighted by Gasteiger charge is -2.24. The number of imidazole rings is 1. The second-order valence-electron chi connectivity index (χ2n) is 4.69. The van der Waals surface area contributed by atoms with Crippen LogP contribution in [0.1, 0.15) is 26.0 Å². The summed E-state index contributed by atoms with van der Waals surface area (Å²) >= 11 is 5.90. The molecular weight excluding hydrogens is 266 g/mol. The van der Waals surface area contributed by atoms with Crippen molar-refractivity contribution in [3.63, 3.8) is 0 Å². The summed E-state index contributed by atoms with van der Waals surface area (Å²) in [6, 6.07) is 3.59. The van der Waals surface area contributed by atoms with Gasteiger partial charge in [-0.2, -0.15) is 0 Å². The monoisotopic (exact) mass is 281 g/mol. The van der Waals surface area contributed by atoms with Gasteiger partial charge in [-0.05, 0) is 25.5 Å². The van der Waals surface area contributed by atoms with Gasteiger partial charge in [-0.15, -0.1) is 0 Å². The van der Waals surface area contributed by atoms with Gasteiger partial charge in [-0.3, -0.25) is 10.1 Å². The maximum absolute atomic E-state index is 11.2. The van der Waals surface area contributed by atoms with Crippen LogP contribution in [0.15, 0.2) is 24.5 Å². The van der Waals surface area contributed by atoms with Crippen molar-refractivity contribution in [2.45, 2.75) is 32.4 Å². The number of aliphatic carboxylic acids is 1. The third kappa shape index (κ3) is 2.88. The molecule has 0 fully saturated rings. The third-order valence-electron chi connectivity index (χ3n) is 3.30. The van der Waals surface area contributed by atoms with Crippen LogP contribution < -0.4 is 5.32 Å². The van der Waals surface area contributed by atoms with Crippen LogP contribution in [0.25, 0.3) is 5.65 Å². The van der Waals surface area contributed by atoms with Crippen molar-refractivity contribution in [2.75, 3.05) is 0 Å². The first kappa shape index (κ1) is 13.8. The van der Waals surface area contributed by atoms with Gasteiger partial charge in [0.05, 0.1) is 10.7 Å². The number of carbonyl (C=O) groups is 1. The molecule has 2 heterocycles. The summed E-state index contributed by atoms with van der Waals surface area (Å²) in [5.41, 5.74) is 0.630. The highest BCUT2D eigenvalue weighted by Crippen LogP contribution is 2.14. The smallest absolute Gasteiger partial charge is 0.323 e. The van der Waals surface area contributed by atoms with E-state index in [1.54, 1.807) is 19.2 Å². The van der Waals surface area contributed by atoms with Gasteiger partial charge in [0.2, 0.25) is 0 Å². The molecule has 1 atom stereocenters. The first-order valence-electron chi connectivity index (χ1n) is 6.06. The Morgan fingerprint density at radius 3 is 2.89 bits per heavy atom. The molecule has 0 saturated heterocycles. The molecule has 2 aromatic rings. The second-order valence-corrected chi connectivity index (χ2v) is 5.13. The quantitative estimate of drug-likeness (QED) is 0.883. The van der Waals surface area contributed by atoms with Gasteiger partial charge in [0.25, 0.3) is 0 Å². The van der Waals surface area contributed by atoms with Gasteiger partial charge in [0, 0.05) is 18.9 Å². The van der Waals surface area contributed by atoms with E-state index >= 15 is 0 Å². The third-order valence-corrected chi connectivity index (χ3v) is 3.53. The van der Waals surface area contributed by atoms with Crippen molar-refractivity contribution in [1.82, 2.24) is 14.7 Å². The Kier molecular flexibility index (Phi) is 3.78. The van der Waals surface area contributed by atoms with Gasteiger partial charge in [0.15, 0.2) is 0 Å². The number of carboxylic acid groups (broad SMARTS) is 1. The molecule has 6 heteroatoms. The van der Waals surface area contributed by atoms with E-state index in [0.29, 0.717) is 18.0 Å². The molecule has 0 aliphatic carbocycles. The highest BCUT2D eigenvalue weighted by molar-refractivity contribution is 6.30. The van der Waals surface area contributed by atoms with Gasteiger partial charge in [-0.25, -0.2) is 4.98 Å². The van der Waals surface area contributed by atoms with E-state index < -0.39 is 11.5 Å². The van der Waals surface area contributed by atoms with Gasteiger partial charge < -0.3 is 9.51 Å². The molecule has 0 spiro atoms. The molecule has 0 amide bonds. The lowest BCUT2D eigenvalue weighted by Crippen LogP contribution is -2.48. The van der Waals surface area contributed by atoms with Gasteiger partial charge in [-0.1, -0.05) is 18.5 Å². The number of halogens is 1. The van der Waals surface area contributed by atoms with Crippen LogP contribution in [0.3, 0.4) is 0 Å². The predicted octanol–water partition coefficient (Wildman–Crippen LogP) is 2.33. The molecule has 5 nitrogen and oxygen atoms in total. The number of pyridine rings is 1. The molecule has 2 rings (SSSR count). The van der Waals surface area contributed by atoms with E-state index in [1.165, 1.54) is 0 Å². The zero-order chi connectivity index (χ0) is 14.0. The summed E-state index contributed by atoms with van der Waals surface area (Å²) in [5, 5.41) is 12.8. The average Bonchev–Trinajstić information content (AvgIpc) is 2.77. The highest BCUT2D eigenvalue weighted by Gasteiger charge is 2.30. The molecule has 0 bridgehead atoms. The van der Waals surface area contributed by atoms with E-state index in [0.717, 1.165) is 11.3 Å². The molecule has 0 aromatic carbocycles. The first-order chi connectivity index (χ1) is 8.94. The number of hydrogen-bond acceptors (Lipinski definition) is 3. The predicted molar refractivity (Wildman–Crippen MR) is 73.4 cm³/mol. The first-order valence-corrected chi connectivity index (χ1v) is 6.44. The maximum Gasteiger partial charge on any atom is 0.323 e. The van der Waals surface area contributed by atoms with Crippen LogP contribution >= 0.6 is 11.6 Å². The zero-order valence-electron chi connectivity index (χ0n) is 10.9. The van der Waals surface area contributed by atoms with Crippen LogP contribution in [0.5, 0.6) is 0 Å². The number of nitrogens with zero attached hydrogens (tertiary/aromatic N) is 2. The fourth-order valence-electron chi connectivity index (χ4n) is 1.74. The van der Waals surface area contributed by atoms with Crippen LogP contribution in [-0.4, -0.2) is 26.0 Å². The SMILES string of the molecule is CCC(C)(NCc1cn2cc(Cl)ccc2n1)C(=O)O. The minimum Gasteiger partial charge on any atom is -0.480 e. The van der Waals surface area contributed by atoms with Crippen molar-refractivity contribution < 1.29 is 9.90 Å². The normalized spacial score (nSPS) is 14.5. The van der Waals surface area contributed by atoms with Crippen molar-refractivity contribution >= 4 is 23.2 Å². The number of rotatable bonds is 5. The van der Waals surface area contributed by atoms with Crippen LogP contribution in [-0.2, 0) is 11.3 Å². The maximum atomic E-state index is 11.2. The summed E-state index contributed by atoms with van der Waals surface area (Å²) in [6.45, 7) is 3.91. The second kappa shape index (κ2) is 5.19. The largest absolute Gasteiger partial charge is 0.480 e. The molecule has 2 aromatic heterocycles. The fraction of sp³-hybridized carbons (Fsp3) is 0.385. The topological polar surface area (TPSA) is 66.6 Å². The van der Waals surface area contributed by atoms with E-state index in [2.05, 4.69) is 10.3 Å². The number of hydrogen-bond donors (Lipinski definition) is 2. The molecule has 0 saturated carbocycles. The van der Waals surface area contributed by atoms with Crippen LogP contribution in [0.4, 0.5) is 0 Å². The molecule has 2 N–H and O–H groups in total. The Bertz CT molecular complexity index is 611. The van der Waals surface area contributed by atoms with E-state index in [4.69, 9.17) is 11.6 Å². The molecule has 102 valence electrons.